The number of carbonyl (C=O) groups excluding carboxylic acids is 2. The van der Waals surface area contributed by atoms with Crippen LogP contribution in [0.5, 0.6) is 0 Å². The Labute approximate surface area is 150 Å². The van der Waals surface area contributed by atoms with E-state index in [1.807, 2.05) is 33.8 Å². The minimum atomic E-state index is -0.383. The molecule has 1 amide bonds. The molecule has 0 spiro atoms. The number of nitrogens with one attached hydrogen (secondary N) is 1. The highest BCUT2D eigenvalue weighted by atomic mass is 32.1. The highest BCUT2D eigenvalue weighted by Gasteiger charge is 2.61. The number of esters is 1. The number of benzene rings is 1. The summed E-state index contributed by atoms with van der Waals surface area (Å²) >= 11 is 1.09. The molecule has 1 aliphatic rings. The Bertz CT molecular complexity index is 852. The van der Waals surface area contributed by atoms with E-state index >= 15 is 0 Å². The second-order valence-electron chi connectivity index (χ2n) is 7.16. The van der Waals surface area contributed by atoms with Crippen LogP contribution >= 0.6 is 11.7 Å². The quantitative estimate of drug-likeness (QED) is 0.653. The number of aromatic nitrogens is 2. The van der Waals surface area contributed by atoms with Crippen LogP contribution in [-0.2, 0) is 14.3 Å². The molecule has 6 nitrogen and oxygen atoms in total. The molecule has 1 aliphatic carbocycles. The molecule has 1 aromatic carbocycles. The van der Waals surface area contributed by atoms with Crippen molar-refractivity contribution in [3.8, 4) is 0 Å². The Morgan fingerprint density at radius 3 is 2.80 bits per heavy atom. The predicted molar refractivity (Wildman–Crippen MR) is 97.2 cm³/mol. The molecule has 0 saturated heterocycles. The summed E-state index contributed by atoms with van der Waals surface area (Å²) in [6.07, 6.45) is 2.10. The number of amides is 1. The maximum absolute atomic E-state index is 12.3. The van der Waals surface area contributed by atoms with Gasteiger partial charge in [0.1, 0.15) is 11.0 Å². The van der Waals surface area contributed by atoms with Crippen molar-refractivity contribution in [1.29, 1.82) is 0 Å². The van der Waals surface area contributed by atoms with Gasteiger partial charge in [0, 0.05) is 0 Å². The zero-order valence-corrected chi connectivity index (χ0v) is 15.5. The smallest absolute Gasteiger partial charge is 0.310 e. The Balaban J connectivity index is 1.57. The molecule has 1 fully saturated rings. The lowest BCUT2D eigenvalue weighted by Crippen LogP contribution is -2.22. The Morgan fingerprint density at radius 1 is 1.32 bits per heavy atom. The Kier molecular flexibility index (Phi) is 4.60. The van der Waals surface area contributed by atoms with Crippen molar-refractivity contribution < 1.29 is 14.3 Å². The largest absolute Gasteiger partial charge is 0.455 e. The van der Waals surface area contributed by atoms with Gasteiger partial charge in [0.25, 0.3) is 5.91 Å². The van der Waals surface area contributed by atoms with E-state index in [2.05, 4.69) is 20.1 Å². The Morgan fingerprint density at radius 2 is 2.08 bits per heavy atom. The van der Waals surface area contributed by atoms with Gasteiger partial charge >= 0.3 is 5.97 Å². The highest BCUT2D eigenvalue weighted by molar-refractivity contribution is 7.00. The first-order valence-corrected chi connectivity index (χ1v) is 8.86. The van der Waals surface area contributed by atoms with E-state index in [1.54, 1.807) is 12.1 Å². The van der Waals surface area contributed by atoms with E-state index in [1.165, 1.54) is 5.57 Å². The summed E-state index contributed by atoms with van der Waals surface area (Å²) in [6, 6.07) is 5.37. The van der Waals surface area contributed by atoms with Gasteiger partial charge in [-0.25, -0.2) is 0 Å². The number of allylic oxidation sites excluding steroid dienone is 2. The van der Waals surface area contributed by atoms with Gasteiger partial charge in [-0.1, -0.05) is 31.6 Å². The molecule has 0 bridgehead atoms. The van der Waals surface area contributed by atoms with E-state index in [-0.39, 0.29) is 35.7 Å². The lowest BCUT2D eigenvalue weighted by atomic mass is 10.1. The molecule has 0 unspecified atom stereocenters. The average molecular weight is 359 g/mol. The van der Waals surface area contributed by atoms with Crippen LogP contribution < -0.4 is 5.32 Å². The zero-order valence-electron chi connectivity index (χ0n) is 14.7. The van der Waals surface area contributed by atoms with Crippen molar-refractivity contribution in [2.45, 2.75) is 27.7 Å². The van der Waals surface area contributed by atoms with Crippen molar-refractivity contribution in [3.05, 3.63) is 29.8 Å². The van der Waals surface area contributed by atoms with Crippen molar-refractivity contribution in [1.82, 2.24) is 8.75 Å². The van der Waals surface area contributed by atoms with Gasteiger partial charge in [-0.05, 0) is 37.3 Å². The number of hydrogen-bond acceptors (Lipinski definition) is 6. The van der Waals surface area contributed by atoms with Crippen LogP contribution in [0.4, 0.5) is 5.69 Å². The van der Waals surface area contributed by atoms with Crippen LogP contribution in [-0.4, -0.2) is 27.2 Å². The number of nitrogens with zero attached hydrogens (tertiary/aromatic N) is 2. The second-order valence-corrected chi connectivity index (χ2v) is 7.69. The molecule has 0 aliphatic heterocycles. The van der Waals surface area contributed by atoms with Crippen molar-refractivity contribution in [2.75, 3.05) is 11.9 Å². The van der Waals surface area contributed by atoms with Crippen LogP contribution in [0.3, 0.4) is 0 Å². The third kappa shape index (κ3) is 3.56. The minimum Gasteiger partial charge on any atom is -0.455 e. The van der Waals surface area contributed by atoms with Crippen LogP contribution in [0.2, 0.25) is 0 Å². The molecular weight excluding hydrogens is 338 g/mol. The monoisotopic (exact) mass is 359 g/mol. The first-order chi connectivity index (χ1) is 11.8. The average Bonchev–Trinajstić information content (AvgIpc) is 2.89. The molecule has 132 valence electrons. The van der Waals surface area contributed by atoms with E-state index in [0.717, 1.165) is 17.2 Å². The fourth-order valence-electron chi connectivity index (χ4n) is 3.12. The summed E-state index contributed by atoms with van der Waals surface area (Å²) in [5.74, 6) is -0.730. The number of hydrogen-bond donors (Lipinski definition) is 1. The SMILES string of the molecule is CC(C)=C[C@H]1[C@H](C(=O)OCC(=O)Nc2cccc3nsnc23)C1(C)C. The molecule has 0 radical (unpaired) electrons. The molecule has 3 rings (SSSR count). The maximum atomic E-state index is 12.3. The molecule has 1 N–H and O–H groups in total. The van der Waals surface area contributed by atoms with Crippen LogP contribution in [0, 0.1) is 17.3 Å². The van der Waals surface area contributed by atoms with Crippen LogP contribution in [0.1, 0.15) is 27.7 Å². The third-order valence-electron chi connectivity index (χ3n) is 4.58. The topological polar surface area (TPSA) is 81.2 Å². The van der Waals surface area contributed by atoms with Crippen molar-refractivity contribution >= 4 is 40.3 Å². The number of rotatable bonds is 5. The third-order valence-corrected chi connectivity index (χ3v) is 5.13. The van der Waals surface area contributed by atoms with Crippen molar-refractivity contribution in [2.24, 2.45) is 17.3 Å². The van der Waals surface area contributed by atoms with Gasteiger partial charge in [0.15, 0.2) is 6.61 Å². The van der Waals surface area contributed by atoms with Gasteiger partial charge in [-0.3, -0.25) is 9.59 Å². The standard InChI is InChI=1S/C18H21N3O3S/c1-10(2)8-11-15(18(11,3)4)17(23)24-9-14(22)19-12-6-5-7-13-16(12)21-25-20-13/h5-8,11,15H,9H2,1-4H3,(H,19,22)/t11-,15+/m0/s1. The first-order valence-electron chi connectivity index (χ1n) is 8.13. The van der Waals surface area contributed by atoms with E-state index in [4.69, 9.17) is 4.74 Å². The summed E-state index contributed by atoms with van der Waals surface area (Å²) in [6.45, 7) is 7.80. The summed E-state index contributed by atoms with van der Waals surface area (Å²) in [7, 11) is 0. The molecular formula is C18H21N3O3S. The Hall–Kier alpha value is -2.28. The summed E-state index contributed by atoms with van der Waals surface area (Å²) in [5, 5.41) is 2.73. The summed E-state index contributed by atoms with van der Waals surface area (Å²) < 4.78 is 13.5. The van der Waals surface area contributed by atoms with Crippen molar-refractivity contribution in [3.63, 3.8) is 0 Å². The number of carbonyl (C=O) groups is 2. The minimum absolute atomic E-state index is 0.122. The van der Waals surface area contributed by atoms with Crippen LogP contribution in [0.25, 0.3) is 11.0 Å². The molecule has 2 atom stereocenters. The molecule has 2 aromatic rings. The molecule has 25 heavy (non-hydrogen) atoms. The first kappa shape index (κ1) is 17.5. The number of fused-ring (bicyclic) bond motifs is 1. The lowest BCUT2D eigenvalue weighted by Gasteiger charge is -2.07. The number of anilines is 1. The van der Waals surface area contributed by atoms with Crippen LogP contribution in [0.15, 0.2) is 29.8 Å². The molecule has 1 aromatic heterocycles. The van der Waals surface area contributed by atoms with E-state index < -0.39 is 0 Å². The van der Waals surface area contributed by atoms with Gasteiger partial charge in [0.2, 0.25) is 0 Å². The zero-order chi connectivity index (χ0) is 18.2. The summed E-state index contributed by atoms with van der Waals surface area (Å²) in [4.78, 5) is 24.4. The van der Waals surface area contributed by atoms with E-state index in [0.29, 0.717) is 11.2 Å². The molecule has 1 saturated carbocycles. The fourth-order valence-corrected chi connectivity index (χ4v) is 3.67. The predicted octanol–water partition coefficient (Wildman–Crippen LogP) is 3.41. The number of ether oxygens (including phenoxy) is 1. The maximum Gasteiger partial charge on any atom is 0.310 e. The normalized spacial score (nSPS) is 20.8. The molecule has 7 heteroatoms. The van der Waals surface area contributed by atoms with Gasteiger partial charge in [-0.15, -0.1) is 0 Å². The molecule has 1 heterocycles. The van der Waals surface area contributed by atoms with E-state index in [9.17, 15) is 9.59 Å². The van der Waals surface area contributed by atoms with Gasteiger partial charge < -0.3 is 10.1 Å². The highest BCUT2D eigenvalue weighted by Crippen LogP contribution is 2.59. The van der Waals surface area contributed by atoms with Gasteiger partial charge in [-0.2, -0.15) is 8.75 Å². The fraction of sp³-hybridized carbons (Fsp3) is 0.444. The summed E-state index contributed by atoms with van der Waals surface area (Å²) in [5.41, 5.74) is 2.99. The second kappa shape index (κ2) is 6.55. The van der Waals surface area contributed by atoms with Gasteiger partial charge in [0.05, 0.1) is 23.3 Å². The lowest BCUT2D eigenvalue weighted by molar-refractivity contribution is -0.149.